The van der Waals surface area contributed by atoms with Crippen LogP contribution in [0.3, 0.4) is 0 Å². The number of rotatable bonds is 7. The first-order chi connectivity index (χ1) is 18.5. The number of anilines is 2. The van der Waals surface area contributed by atoms with Crippen molar-refractivity contribution < 1.29 is 41.0 Å². The fourth-order valence-corrected chi connectivity index (χ4v) is 4.00. The highest BCUT2D eigenvalue weighted by molar-refractivity contribution is 6.07. The van der Waals surface area contributed by atoms with Crippen LogP contribution in [0.1, 0.15) is 17.3 Å². The average molecular weight is 550 g/mol. The Hall–Kier alpha value is -4.10. The predicted octanol–water partition coefficient (Wildman–Crippen LogP) is 4.84. The fraction of sp³-hybridized carbons (Fsp3) is 0.269. The normalized spacial score (nSPS) is 14.9. The second-order valence-electron chi connectivity index (χ2n) is 8.61. The van der Waals surface area contributed by atoms with Gasteiger partial charge in [0.05, 0.1) is 36.2 Å². The summed E-state index contributed by atoms with van der Waals surface area (Å²) < 4.78 is 77.6. The monoisotopic (exact) mass is 550 g/mol. The number of nitrogens with one attached hydrogen (secondary N) is 2. The van der Waals surface area contributed by atoms with E-state index in [1.165, 1.54) is 24.5 Å². The maximum atomic E-state index is 14.0. The molecule has 0 spiro atoms. The lowest BCUT2D eigenvalue weighted by Gasteiger charge is -2.31. The molecule has 3 aromatic rings. The van der Waals surface area contributed by atoms with E-state index in [1.54, 1.807) is 11.8 Å². The number of hydrogen-bond acceptors (Lipinski definition) is 6. The van der Waals surface area contributed by atoms with Crippen molar-refractivity contribution in [3.63, 3.8) is 0 Å². The second kappa shape index (κ2) is 11.7. The van der Waals surface area contributed by atoms with Crippen LogP contribution in [-0.2, 0) is 9.53 Å². The van der Waals surface area contributed by atoms with E-state index in [4.69, 9.17) is 4.74 Å². The number of hydrogen-bond donors (Lipinski definition) is 2. The zero-order valence-electron chi connectivity index (χ0n) is 20.5. The van der Waals surface area contributed by atoms with Crippen LogP contribution in [0.5, 0.6) is 5.75 Å². The van der Waals surface area contributed by atoms with Crippen molar-refractivity contribution in [1.29, 1.82) is 0 Å². The van der Waals surface area contributed by atoms with E-state index in [0.29, 0.717) is 32.4 Å². The molecule has 1 aliphatic heterocycles. The molecule has 0 aliphatic carbocycles. The third kappa shape index (κ3) is 7.27. The van der Waals surface area contributed by atoms with Gasteiger partial charge in [-0.25, -0.2) is 8.78 Å². The molecule has 0 bridgehead atoms. The van der Waals surface area contributed by atoms with Crippen molar-refractivity contribution in [2.45, 2.75) is 19.3 Å². The van der Waals surface area contributed by atoms with E-state index in [9.17, 15) is 31.5 Å². The van der Waals surface area contributed by atoms with Gasteiger partial charge < -0.3 is 20.1 Å². The quantitative estimate of drug-likeness (QED) is 0.410. The average Bonchev–Trinajstić information content (AvgIpc) is 2.89. The first kappa shape index (κ1) is 27.9. The van der Waals surface area contributed by atoms with Crippen molar-refractivity contribution in [2.75, 3.05) is 36.9 Å². The number of alkyl halides is 3. The van der Waals surface area contributed by atoms with Crippen LogP contribution in [0.2, 0.25) is 0 Å². The Morgan fingerprint density at radius 1 is 1.03 bits per heavy atom. The van der Waals surface area contributed by atoms with Crippen LogP contribution < -0.4 is 15.4 Å². The van der Waals surface area contributed by atoms with Gasteiger partial charge >= 0.3 is 6.36 Å². The minimum atomic E-state index is -5.17. The molecule has 1 aromatic heterocycles. The highest BCUT2D eigenvalue weighted by atomic mass is 19.4. The molecule has 1 fully saturated rings. The van der Waals surface area contributed by atoms with Crippen LogP contribution in [0.15, 0.2) is 54.9 Å². The van der Waals surface area contributed by atoms with Gasteiger partial charge in [0.15, 0.2) is 5.75 Å². The molecule has 13 heteroatoms. The number of nitrogens with zero attached hydrogens (tertiary/aromatic N) is 2. The molecule has 8 nitrogen and oxygen atoms in total. The van der Waals surface area contributed by atoms with Crippen molar-refractivity contribution in [2.24, 2.45) is 0 Å². The SMILES string of the molecule is CC(C(=O)Nc1cc(NC(=O)c2cccnc2)c(-c2cc(F)cc(F)c2)cc1OC(F)(F)F)N1CCOCC1. The number of halogens is 5. The molecule has 206 valence electrons. The summed E-state index contributed by atoms with van der Waals surface area (Å²) in [5, 5.41) is 4.95. The largest absolute Gasteiger partial charge is 0.573 e. The minimum Gasteiger partial charge on any atom is -0.404 e. The van der Waals surface area contributed by atoms with Crippen LogP contribution >= 0.6 is 0 Å². The molecule has 0 saturated carbocycles. The Balaban J connectivity index is 1.79. The summed E-state index contributed by atoms with van der Waals surface area (Å²) in [6.45, 7) is 3.25. The van der Waals surface area contributed by atoms with Gasteiger partial charge in [-0.05, 0) is 48.9 Å². The summed E-state index contributed by atoms with van der Waals surface area (Å²) in [4.78, 5) is 31.5. The summed E-state index contributed by atoms with van der Waals surface area (Å²) in [6, 6.07) is 6.44. The van der Waals surface area contributed by atoms with Gasteiger partial charge in [-0.3, -0.25) is 19.5 Å². The number of pyridine rings is 1. The van der Waals surface area contributed by atoms with Crippen molar-refractivity contribution in [3.8, 4) is 16.9 Å². The maximum absolute atomic E-state index is 14.0. The molecular weight excluding hydrogens is 527 g/mol. The number of carbonyl (C=O) groups excluding carboxylic acids is 2. The van der Waals surface area contributed by atoms with Gasteiger partial charge in [-0.2, -0.15) is 0 Å². The van der Waals surface area contributed by atoms with E-state index >= 15 is 0 Å². The topological polar surface area (TPSA) is 92.8 Å². The van der Waals surface area contributed by atoms with Gasteiger partial charge in [0.1, 0.15) is 11.6 Å². The minimum absolute atomic E-state index is 0.107. The molecule has 39 heavy (non-hydrogen) atoms. The van der Waals surface area contributed by atoms with E-state index in [1.807, 2.05) is 0 Å². The zero-order chi connectivity index (χ0) is 28.2. The van der Waals surface area contributed by atoms with E-state index < -0.39 is 47.3 Å². The molecule has 1 unspecified atom stereocenters. The highest BCUT2D eigenvalue weighted by Gasteiger charge is 2.34. The van der Waals surface area contributed by atoms with Gasteiger partial charge in [0.25, 0.3) is 5.91 Å². The number of benzene rings is 2. The smallest absolute Gasteiger partial charge is 0.404 e. The summed E-state index contributed by atoms with van der Waals surface area (Å²) in [5.74, 6) is -4.18. The van der Waals surface area contributed by atoms with Crippen LogP contribution in [0, 0.1) is 11.6 Å². The second-order valence-corrected chi connectivity index (χ2v) is 8.61. The summed E-state index contributed by atoms with van der Waals surface area (Å²) in [7, 11) is 0. The van der Waals surface area contributed by atoms with Crippen molar-refractivity contribution in [1.82, 2.24) is 9.88 Å². The Morgan fingerprint density at radius 3 is 2.33 bits per heavy atom. The first-order valence-corrected chi connectivity index (χ1v) is 11.7. The first-order valence-electron chi connectivity index (χ1n) is 11.7. The maximum Gasteiger partial charge on any atom is 0.573 e. The molecule has 2 N–H and O–H groups in total. The number of ether oxygens (including phenoxy) is 2. The van der Waals surface area contributed by atoms with Crippen LogP contribution in [-0.4, -0.2) is 60.4 Å². The number of carbonyl (C=O) groups is 2. The Labute approximate surface area is 219 Å². The third-order valence-corrected chi connectivity index (χ3v) is 5.92. The molecule has 1 saturated heterocycles. The standard InChI is InChI=1S/C26H23F5N4O4/c1-15(35-5-7-38-8-6-35)24(36)34-22-13-21(33-25(37)16-3-2-4-32-14-16)20(12-23(22)39-26(29,30)31)17-9-18(27)11-19(28)10-17/h2-4,9-15H,5-8H2,1H3,(H,33,37)(H,34,36). The third-order valence-electron chi connectivity index (χ3n) is 5.92. The van der Waals surface area contributed by atoms with Gasteiger partial charge in [-0.1, -0.05) is 0 Å². The number of morpholine rings is 1. The predicted molar refractivity (Wildman–Crippen MR) is 131 cm³/mol. The molecule has 2 aromatic carbocycles. The van der Waals surface area contributed by atoms with Crippen molar-refractivity contribution >= 4 is 23.2 Å². The molecular formula is C26H23F5N4O4. The summed E-state index contributed by atoms with van der Waals surface area (Å²) in [6.07, 6.45) is -2.48. The van der Waals surface area contributed by atoms with Crippen LogP contribution in [0.4, 0.5) is 33.3 Å². The molecule has 1 atom stereocenters. The molecule has 1 aliphatic rings. The molecule has 2 amide bonds. The highest BCUT2D eigenvalue weighted by Crippen LogP contribution is 2.40. The van der Waals surface area contributed by atoms with E-state index in [-0.39, 0.29) is 22.4 Å². The number of aromatic nitrogens is 1. The Bertz CT molecular complexity index is 1330. The lowest BCUT2D eigenvalue weighted by atomic mass is 10.0. The van der Waals surface area contributed by atoms with E-state index in [2.05, 4.69) is 20.4 Å². The van der Waals surface area contributed by atoms with Crippen molar-refractivity contribution in [3.05, 3.63) is 72.1 Å². The fourth-order valence-electron chi connectivity index (χ4n) is 4.00. The molecule has 2 heterocycles. The van der Waals surface area contributed by atoms with E-state index in [0.717, 1.165) is 24.3 Å². The van der Waals surface area contributed by atoms with Gasteiger partial charge in [0.2, 0.25) is 5.91 Å². The lowest BCUT2D eigenvalue weighted by Crippen LogP contribution is -2.47. The summed E-state index contributed by atoms with van der Waals surface area (Å²) in [5.41, 5.74) is -0.821. The summed E-state index contributed by atoms with van der Waals surface area (Å²) >= 11 is 0. The number of amides is 2. The zero-order valence-corrected chi connectivity index (χ0v) is 20.5. The Morgan fingerprint density at radius 2 is 1.72 bits per heavy atom. The van der Waals surface area contributed by atoms with Gasteiger partial charge in [0, 0.05) is 37.1 Å². The Kier molecular flexibility index (Phi) is 8.41. The van der Waals surface area contributed by atoms with Crippen LogP contribution in [0.25, 0.3) is 11.1 Å². The van der Waals surface area contributed by atoms with Gasteiger partial charge in [-0.15, -0.1) is 13.2 Å². The molecule has 0 radical (unpaired) electrons. The molecule has 4 rings (SSSR count). The lowest BCUT2D eigenvalue weighted by molar-refractivity contribution is -0.274.